The highest BCUT2D eigenvalue weighted by atomic mass is 16.4. The third-order valence-corrected chi connectivity index (χ3v) is 4.89. The first-order chi connectivity index (χ1) is 11.4. The second kappa shape index (κ2) is 6.14. The Hall–Kier alpha value is -2.57. The SMILES string of the molecule is Cn1c(=O)[nH]c2ccc(C(=O)NC3(C(=O)O)CCCCCC3)cc21. The molecule has 7 nitrogen and oxygen atoms in total. The highest BCUT2D eigenvalue weighted by molar-refractivity contribution is 6.00. The van der Waals surface area contributed by atoms with E-state index in [0.29, 0.717) is 29.4 Å². The van der Waals surface area contributed by atoms with Gasteiger partial charge in [-0.15, -0.1) is 0 Å². The van der Waals surface area contributed by atoms with E-state index >= 15 is 0 Å². The lowest BCUT2D eigenvalue weighted by molar-refractivity contribution is -0.145. The van der Waals surface area contributed by atoms with Crippen LogP contribution in [0.1, 0.15) is 48.9 Å². The molecule has 1 aromatic heterocycles. The third kappa shape index (κ3) is 2.81. The van der Waals surface area contributed by atoms with Gasteiger partial charge in [-0.3, -0.25) is 9.36 Å². The average Bonchev–Trinajstić information content (AvgIpc) is 2.73. The number of aromatic amines is 1. The number of benzene rings is 1. The normalized spacial score (nSPS) is 17.4. The summed E-state index contributed by atoms with van der Waals surface area (Å²) in [7, 11) is 1.62. The molecule has 3 rings (SSSR count). The van der Waals surface area contributed by atoms with Crippen LogP contribution in [-0.4, -0.2) is 32.1 Å². The number of aromatic nitrogens is 2. The summed E-state index contributed by atoms with van der Waals surface area (Å²) >= 11 is 0. The van der Waals surface area contributed by atoms with Gasteiger partial charge in [0.2, 0.25) is 0 Å². The van der Waals surface area contributed by atoms with Gasteiger partial charge in [-0.1, -0.05) is 25.7 Å². The van der Waals surface area contributed by atoms with Crippen LogP contribution in [-0.2, 0) is 11.8 Å². The van der Waals surface area contributed by atoms with E-state index in [9.17, 15) is 19.5 Å². The molecular weight excluding hydrogens is 310 g/mol. The van der Waals surface area contributed by atoms with Crippen LogP contribution in [0, 0.1) is 0 Å². The number of amides is 1. The molecule has 1 saturated carbocycles. The second-order valence-corrected chi connectivity index (χ2v) is 6.48. The van der Waals surface area contributed by atoms with E-state index in [4.69, 9.17) is 0 Å². The van der Waals surface area contributed by atoms with Crippen LogP contribution >= 0.6 is 0 Å². The molecular formula is C17H21N3O4. The quantitative estimate of drug-likeness (QED) is 0.746. The van der Waals surface area contributed by atoms with Crippen molar-refractivity contribution < 1.29 is 14.7 Å². The summed E-state index contributed by atoms with van der Waals surface area (Å²) in [5, 5.41) is 12.4. The van der Waals surface area contributed by atoms with Gasteiger partial charge in [-0.2, -0.15) is 0 Å². The molecule has 0 spiro atoms. The monoisotopic (exact) mass is 331 g/mol. The largest absolute Gasteiger partial charge is 0.480 e. The zero-order chi connectivity index (χ0) is 17.3. The first-order valence-electron chi connectivity index (χ1n) is 8.18. The molecule has 1 aliphatic carbocycles. The maximum atomic E-state index is 12.6. The molecule has 24 heavy (non-hydrogen) atoms. The van der Waals surface area contributed by atoms with E-state index in [1.54, 1.807) is 25.2 Å². The van der Waals surface area contributed by atoms with E-state index in [1.807, 2.05) is 0 Å². The summed E-state index contributed by atoms with van der Waals surface area (Å²) in [6.45, 7) is 0. The number of fused-ring (bicyclic) bond motifs is 1. The Labute approximate surface area is 138 Å². The van der Waals surface area contributed by atoms with E-state index in [-0.39, 0.29) is 5.69 Å². The number of carboxylic acids is 1. The molecule has 0 aliphatic heterocycles. The number of carbonyl (C=O) groups is 2. The fourth-order valence-corrected chi connectivity index (χ4v) is 3.38. The van der Waals surface area contributed by atoms with Crippen molar-refractivity contribution >= 4 is 22.9 Å². The lowest BCUT2D eigenvalue weighted by Crippen LogP contribution is -2.54. The molecule has 0 unspecified atom stereocenters. The lowest BCUT2D eigenvalue weighted by Gasteiger charge is -2.29. The fraction of sp³-hybridized carbons (Fsp3) is 0.471. The van der Waals surface area contributed by atoms with Gasteiger partial charge in [0.15, 0.2) is 0 Å². The van der Waals surface area contributed by atoms with Gasteiger partial charge in [-0.05, 0) is 31.0 Å². The van der Waals surface area contributed by atoms with Crippen molar-refractivity contribution in [2.45, 2.75) is 44.1 Å². The number of rotatable bonds is 3. The number of carbonyl (C=O) groups excluding carboxylic acids is 1. The predicted molar refractivity (Wildman–Crippen MR) is 89.1 cm³/mol. The van der Waals surface area contributed by atoms with Crippen molar-refractivity contribution in [1.82, 2.24) is 14.9 Å². The molecule has 0 saturated heterocycles. The van der Waals surface area contributed by atoms with Gasteiger partial charge >= 0.3 is 11.7 Å². The van der Waals surface area contributed by atoms with E-state index in [0.717, 1.165) is 25.7 Å². The molecule has 1 aliphatic rings. The number of carboxylic acid groups (broad SMARTS) is 1. The highest BCUT2D eigenvalue weighted by Gasteiger charge is 2.40. The number of nitrogens with zero attached hydrogens (tertiary/aromatic N) is 1. The molecule has 1 aromatic carbocycles. The molecule has 1 heterocycles. The molecule has 2 aromatic rings. The van der Waals surface area contributed by atoms with Crippen LogP contribution in [0.3, 0.4) is 0 Å². The summed E-state index contributed by atoms with van der Waals surface area (Å²) in [5.41, 5.74) is 0.140. The van der Waals surface area contributed by atoms with Gasteiger partial charge < -0.3 is 15.4 Å². The number of nitrogens with one attached hydrogen (secondary N) is 2. The van der Waals surface area contributed by atoms with Crippen LogP contribution in [0.4, 0.5) is 0 Å². The van der Waals surface area contributed by atoms with Crippen LogP contribution in [0.5, 0.6) is 0 Å². The van der Waals surface area contributed by atoms with Gasteiger partial charge in [0.1, 0.15) is 5.54 Å². The number of hydrogen-bond acceptors (Lipinski definition) is 3. The van der Waals surface area contributed by atoms with Gasteiger partial charge in [0.25, 0.3) is 5.91 Å². The zero-order valence-electron chi connectivity index (χ0n) is 13.6. The summed E-state index contributed by atoms with van der Waals surface area (Å²) in [5.74, 6) is -1.40. The van der Waals surface area contributed by atoms with Crippen molar-refractivity contribution in [3.8, 4) is 0 Å². The van der Waals surface area contributed by atoms with Crippen LogP contribution < -0.4 is 11.0 Å². The average molecular weight is 331 g/mol. The Morgan fingerprint density at radius 2 is 1.88 bits per heavy atom. The van der Waals surface area contributed by atoms with Crippen molar-refractivity contribution in [2.24, 2.45) is 7.05 Å². The first-order valence-corrected chi connectivity index (χ1v) is 8.18. The van der Waals surface area contributed by atoms with Crippen LogP contribution in [0.2, 0.25) is 0 Å². The standard InChI is InChI=1S/C17H21N3O4/c1-20-13-10-11(6-7-12(13)18-16(20)24)14(21)19-17(15(22)23)8-4-2-3-5-9-17/h6-7,10H,2-5,8-9H2,1H3,(H,18,24)(H,19,21)(H,22,23). The summed E-state index contributed by atoms with van der Waals surface area (Å²) in [6.07, 6.45) is 4.44. The number of aliphatic carboxylic acids is 1. The third-order valence-electron chi connectivity index (χ3n) is 4.89. The Morgan fingerprint density at radius 1 is 1.21 bits per heavy atom. The Morgan fingerprint density at radius 3 is 2.50 bits per heavy atom. The van der Waals surface area contributed by atoms with E-state index < -0.39 is 17.4 Å². The molecule has 1 amide bonds. The minimum absolute atomic E-state index is 0.256. The fourth-order valence-electron chi connectivity index (χ4n) is 3.38. The molecule has 3 N–H and O–H groups in total. The van der Waals surface area contributed by atoms with Crippen LogP contribution in [0.25, 0.3) is 11.0 Å². The predicted octanol–water partition coefficient (Wildman–Crippen LogP) is 1.77. The minimum Gasteiger partial charge on any atom is -0.480 e. The first kappa shape index (κ1) is 16.3. The van der Waals surface area contributed by atoms with Crippen LogP contribution in [0.15, 0.2) is 23.0 Å². The maximum absolute atomic E-state index is 12.6. The molecule has 128 valence electrons. The van der Waals surface area contributed by atoms with Crippen molar-refractivity contribution in [2.75, 3.05) is 0 Å². The minimum atomic E-state index is -1.20. The second-order valence-electron chi connectivity index (χ2n) is 6.48. The summed E-state index contributed by atoms with van der Waals surface area (Å²) in [6, 6.07) is 4.86. The summed E-state index contributed by atoms with van der Waals surface area (Å²) in [4.78, 5) is 38.8. The van der Waals surface area contributed by atoms with Crippen molar-refractivity contribution in [3.05, 3.63) is 34.2 Å². The number of H-pyrrole nitrogens is 1. The zero-order valence-corrected chi connectivity index (χ0v) is 13.6. The topological polar surface area (TPSA) is 104 Å². The molecule has 1 fully saturated rings. The Bertz CT molecular complexity index is 841. The Kier molecular flexibility index (Phi) is 4.17. The Balaban J connectivity index is 1.91. The lowest BCUT2D eigenvalue weighted by atomic mass is 9.90. The number of aryl methyl sites for hydroxylation is 1. The molecule has 0 atom stereocenters. The number of imidazole rings is 1. The number of hydrogen-bond donors (Lipinski definition) is 3. The molecule has 0 bridgehead atoms. The molecule has 0 radical (unpaired) electrons. The van der Waals surface area contributed by atoms with Gasteiger partial charge in [0, 0.05) is 12.6 Å². The summed E-state index contributed by atoms with van der Waals surface area (Å²) < 4.78 is 1.42. The smallest absolute Gasteiger partial charge is 0.329 e. The molecule has 7 heteroatoms. The van der Waals surface area contributed by atoms with E-state index in [1.165, 1.54) is 4.57 Å². The van der Waals surface area contributed by atoms with Crippen molar-refractivity contribution in [1.29, 1.82) is 0 Å². The van der Waals surface area contributed by atoms with Crippen molar-refractivity contribution in [3.63, 3.8) is 0 Å². The van der Waals surface area contributed by atoms with Gasteiger partial charge in [0.05, 0.1) is 11.0 Å². The maximum Gasteiger partial charge on any atom is 0.329 e. The van der Waals surface area contributed by atoms with Gasteiger partial charge in [-0.25, -0.2) is 9.59 Å². The highest BCUT2D eigenvalue weighted by Crippen LogP contribution is 2.28. The van der Waals surface area contributed by atoms with E-state index in [2.05, 4.69) is 10.3 Å².